The highest BCUT2D eigenvalue weighted by Gasteiger charge is 2.24. The Bertz CT molecular complexity index is 243. The fourth-order valence-electron chi connectivity index (χ4n) is 1.13. The normalized spacial score (nSPS) is 17.2. The number of nitrogens with zero attached hydrogens (tertiary/aromatic N) is 1. The minimum atomic E-state index is 0.682. The minimum absolute atomic E-state index is 0.682. The van der Waals surface area contributed by atoms with Gasteiger partial charge in [-0.05, 0) is 24.8 Å². The Labute approximate surface area is 59.7 Å². The summed E-state index contributed by atoms with van der Waals surface area (Å²) < 4.78 is 0.869. The third kappa shape index (κ3) is 0.967. The molecule has 0 aromatic carbocycles. The first kappa shape index (κ1) is 5.71. The van der Waals surface area contributed by atoms with E-state index in [4.69, 9.17) is 0 Å². The van der Waals surface area contributed by atoms with E-state index < -0.39 is 0 Å². The molecule has 1 fully saturated rings. The first-order valence-electron chi connectivity index (χ1n) is 3.55. The third-order valence-corrected chi connectivity index (χ3v) is 1.85. The number of hydrogen-bond donors (Lipinski definition) is 0. The Morgan fingerprint density at radius 1 is 1.50 bits per heavy atom. The van der Waals surface area contributed by atoms with Gasteiger partial charge in [-0.3, -0.25) is 0 Å². The van der Waals surface area contributed by atoms with Crippen molar-refractivity contribution in [1.82, 2.24) is 0 Å². The maximum atomic E-state index is 10.7. The van der Waals surface area contributed by atoms with E-state index in [1.807, 2.05) is 6.07 Å². The van der Waals surface area contributed by atoms with Crippen LogP contribution in [0.25, 0.3) is 0 Å². The Kier molecular flexibility index (Phi) is 1.13. The van der Waals surface area contributed by atoms with Crippen LogP contribution >= 0.6 is 0 Å². The van der Waals surface area contributed by atoms with Crippen molar-refractivity contribution in [2.45, 2.75) is 18.8 Å². The van der Waals surface area contributed by atoms with E-state index in [-0.39, 0.29) is 0 Å². The molecule has 0 atom stereocenters. The Balaban J connectivity index is 2.32. The molecule has 1 aromatic heterocycles. The second kappa shape index (κ2) is 1.97. The lowest BCUT2D eigenvalue weighted by Gasteiger charge is -1.96. The van der Waals surface area contributed by atoms with Gasteiger partial charge < -0.3 is 5.21 Å². The molecule has 0 saturated heterocycles. The molecule has 0 aliphatic heterocycles. The van der Waals surface area contributed by atoms with Gasteiger partial charge in [0.15, 0.2) is 12.4 Å². The van der Waals surface area contributed by atoms with Crippen LogP contribution in [0.15, 0.2) is 24.5 Å². The van der Waals surface area contributed by atoms with E-state index in [0.29, 0.717) is 5.92 Å². The van der Waals surface area contributed by atoms with Gasteiger partial charge in [0.1, 0.15) is 0 Å². The number of rotatable bonds is 1. The highest BCUT2D eigenvalue weighted by Crippen LogP contribution is 2.39. The van der Waals surface area contributed by atoms with E-state index in [1.54, 1.807) is 12.3 Å². The third-order valence-electron chi connectivity index (χ3n) is 1.85. The summed E-state index contributed by atoms with van der Waals surface area (Å²) in [6.07, 6.45) is 5.69. The molecule has 0 bridgehead atoms. The molecule has 52 valence electrons. The lowest BCUT2D eigenvalue weighted by atomic mass is 10.2. The van der Waals surface area contributed by atoms with Crippen LogP contribution in [0.2, 0.25) is 0 Å². The van der Waals surface area contributed by atoms with E-state index in [9.17, 15) is 5.21 Å². The monoisotopic (exact) mass is 135 g/mol. The maximum Gasteiger partial charge on any atom is 0.183 e. The molecule has 0 amide bonds. The summed E-state index contributed by atoms with van der Waals surface area (Å²) in [4.78, 5) is 0. The van der Waals surface area contributed by atoms with E-state index in [0.717, 1.165) is 4.73 Å². The highest BCUT2D eigenvalue weighted by atomic mass is 16.5. The fourth-order valence-corrected chi connectivity index (χ4v) is 1.13. The van der Waals surface area contributed by atoms with Gasteiger partial charge in [0.25, 0.3) is 0 Å². The lowest BCUT2D eigenvalue weighted by molar-refractivity contribution is -0.605. The minimum Gasteiger partial charge on any atom is -0.619 e. The van der Waals surface area contributed by atoms with Crippen molar-refractivity contribution < 1.29 is 4.73 Å². The molecule has 0 N–H and O–H groups in total. The Morgan fingerprint density at radius 3 is 2.90 bits per heavy atom. The zero-order chi connectivity index (χ0) is 6.97. The van der Waals surface area contributed by atoms with Crippen LogP contribution in [0.5, 0.6) is 0 Å². The van der Waals surface area contributed by atoms with Crippen LogP contribution in [0.3, 0.4) is 0 Å². The largest absolute Gasteiger partial charge is 0.619 e. The first-order chi connectivity index (χ1) is 4.86. The van der Waals surface area contributed by atoms with Crippen LogP contribution < -0.4 is 4.73 Å². The highest BCUT2D eigenvalue weighted by molar-refractivity contribution is 5.17. The Hall–Kier alpha value is -1.05. The predicted molar refractivity (Wildman–Crippen MR) is 37.4 cm³/mol. The maximum absolute atomic E-state index is 10.7. The van der Waals surface area contributed by atoms with Crippen molar-refractivity contribution in [3.63, 3.8) is 0 Å². The van der Waals surface area contributed by atoms with Crippen molar-refractivity contribution in [1.29, 1.82) is 0 Å². The van der Waals surface area contributed by atoms with Crippen LogP contribution in [0.1, 0.15) is 24.3 Å². The van der Waals surface area contributed by atoms with Crippen molar-refractivity contribution in [2.24, 2.45) is 0 Å². The van der Waals surface area contributed by atoms with Crippen molar-refractivity contribution in [3.05, 3.63) is 35.3 Å². The first-order valence-corrected chi connectivity index (χ1v) is 3.55. The van der Waals surface area contributed by atoms with E-state index >= 15 is 0 Å². The molecule has 0 spiro atoms. The number of hydrogen-bond acceptors (Lipinski definition) is 1. The molecule has 1 heterocycles. The summed E-state index contributed by atoms with van der Waals surface area (Å²) in [6, 6.07) is 3.83. The zero-order valence-electron chi connectivity index (χ0n) is 5.66. The molecular weight excluding hydrogens is 126 g/mol. The molecule has 2 rings (SSSR count). The molecule has 0 radical (unpaired) electrons. The molecule has 0 unspecified atom stereocenters. The molecular formula is C8H9NO. The van der Waals surface area contributed by atoms with Gasteiger partial charge in [-0.2, -0.15) is 4.73 Å². The summed E-state index contributed by atoms with van der Waals surface area (Å²) >= 11 is 0. The van der Waals surface area contributed by atoms with Gasteiger partial charge >= 0.3 is 0 Å². The number of aromatic nitrogens is 1. The molecule has 1 aromatic rings. The molecule has 1 aliphatic carbocycles. The molecule has 2 nitrogen and oxygen atoms in total. The van der Waals surface area contributed by atoms with Gasteiger partial charge in [-0.1, -0.05) is 0 Å². The van der Waals surface area contributed by atoms with Crippen LogP contribution in [0, 0.1) is 5.21 Å². The molecule has 1 aliphatic rings. The Morgan fingerprint density at radius 2 is 2.30 bits per heavy atom. The van der Waals surface area contributed by atoms with E-state index in [1.165, 1.54) is 24.6 Å². The van der Waals surface area contributed by atoms with E-state index in [2.05, 4.69) is 0 Å². The van der Waals surface area contributed by atoms with Gasteiger partial charge in [-0.15, -0.1) is 0 Å². The molecule has 2 heteroatoms. The summed E-state index contributed by atoms with van der Waals surface area (Å²) in [6.45, 7) is 0. The van der Waals surface area contributed by atoms with Gasteiger partial charge in [0, 0.05) is 11.6 Å². The summed E-state index contributed by atoms with van der Waals surface area (Å²) in [7, 11) is 0. The quantitative estimate of drug-likeness (QED) is 0.420. The topological polar surface area (TPSA) is 26.9 Å². The van der Waals surface area contributed by atoms with Gasteiger partial charge in [0.2, 0.25) is 0 Å². The predicted octanol–water partition coefficient (Wildman–Crippen LogP) is 1.20. The summed E-state index contributed by atoms with van der Waals surface area (Å²) in [5.41, 5.74) is 1.19. The second-order valence-corrected chi connectivity index (χ2v) is 2.77. The average Bonchev–Trinajstić information content (AvgIpc) is 2.68. The summed E-state index contributed by atoms with van der Waals surface area (Å²) in [5, 5.41) is 10.7. The van der Waals surface area contributed by atoms with Crippen LogP contribution in [0.4, 0.5) is 0 Å². The van der Waals surface area contributed by atoms with Crippen molar-refractivity contribution in [3.8, 4) is 0 Å². The second-order valence-electron chi connectivity index (χ2n) is 2.77. The standard InChI is InChI=1S/C8H9NO/c10-9-5-1-2-8(6-9)7-3-4-7/h1-2,5-7H,3-4H2. The lowest BCUT2D eigenvalue weighted by Crippen LogP contribution is -2.24. The summed E-state index contributed by atoms with van der Waals surface area (Å²) in [5.74, 6) is 0.682. The van der Waals surface area contributed by atoms with Crippen molar-refractivity contribution in [2.75, 3.05) is 0 Å². The van der Waals surface area contributed by atoms with Crippen LogP contribution in [-0.2, 0) is 0 Å². The fraction of sp³-hybridized carbons (Fsp3) is 0.375. The van der Waals surface area contributed by atoms with Crippen molar-refractivity contribution >= 4 is 0 Å². The van der Waals surface area contributed by atoms with Crippen LogP contribution in [-0.4, -0.2) is 0 Å². The molecule has 10 heavy (non-hydrogen) atoms. The zero-order valence-corrected chi connectivity index (χ0v) is 5.66. The van der Waals surface area contributed by atoms with Gasteiger partial charge in [0.05, 0.1) is 0 Å². The SMILES string of the molecule is [O-][n+]1cccc(C2CC2)c1. The molecule has 1 saturated carbocycles. The smallest absolute Gasteiger partial charge is 0.183 e. The van der Waals surface area contributed by atoms with Gasteiger partial charge in [-0.25, -0.2) is 0 Å². The average molecular weight is 135 g/mol. The number of pyridine rings is 1.